The third kappa shape index (κ3) is 2.78. The van der Waals surface area contributed by atoms with E-state index in [1.807, 2.05) is 24.3 Å². The topological polar surface area (TPSA) is 52.6 Å². The average molecular weight is 320 g/mol. The van der Waals surface area contributed by atoms with E-state index in [2.05, 4.69) is 12.1 Å². The van der Waals surface area contributed by atoms with Crippen LogP contribution in [0.4, 0.5) is 0 Å². The van der Waals surface area contributed by atoms with E-state index in [0.29, 0.717) is 23.5 Å². The SMILES string of the molecule is O=c1ccc2c(OCCCc3ccccc3)c3ccoc3cc2o1. The maximum Gasteiger partial charge on any atom is 0.336 e. The van der Waals surface area contributed by atoms with Gasteiger partial charge in [-0.05, 0) is 30.5 Å². The Morgan fingerprint density at radius 2 is 1.75 bits per heavy atom. The van der Waals surface area contributed by atoms with E-state index in [0.717, 1.165) is 23.6 Å². The van der Waals surface area contributed by atoms with Gasteiger partial charge in [-0.1, -0.05) is 30.3 Å². The van der Waals surface area contributed by atoms with Crippen molar-refractivity contribution >= 4 is 21.9 Å². The van der Waals surface area contributed by atoms with Crippen LogP contribution in [0.2, 0.25) is 0 Å². The van der Waals surface area contributed by atoms with Crippen LogP contribution in [0.1, 0.15) is 12.0 Å². The number of fused-ring (bicyclic) bond motifs is 2. The highest BCUT2D eigenvalue weighted by molar-refractivity contribution is 6.01. The highest BCUT2D eigenvalue weighted by Crippen LogP contribution is 2.35. The van der Waals surface area contributed by atoms with Gasteiger partial charge in [-0.25, -0.2) is 4.79 Å². The van der Waals surface area contributed by atoms with Gasteiger partial charge in [0.15, 0.2) is 0 Å². The van der Waals surface area contributed by atoms with Crippen LogP contribution in [-0.4, -0.2) is 6.61 Å². The molecule has 0 saturated heterocycles. The Kier molecular flexibility index (Phi) is 3.79. The Morgan fingerprint density at radius 1 is 0.917 bits per heavy atom. The molecule has 4 nitrogen and oxygen atoms in total. The molecule has 0 fully saturated rings. The van der Waals surface area contributed by atoms with Crippen molar-refractivity contribution < 1.29 is 13.6 Å². The van der Waals surface area contributed by atoms with Gasteiger partial charge in [0.1, 0.15) is 16.9 Å². The normalized spacial score (nSPS) is 11.2. The minimum absolute atomic E-state index is 0.386. The number of hydrogen-bond acceptors (Lipinski definition) is 4. The molecule has 2 aromatic heterocycles. The van der Waals surface area contributed by atoms with Crippen molar-refractivity contribution in [2.75, 3.05) is 6.61 Å². The van der Waals surface area contributed by atoms with Gasteiger partial charge >= 0.3 is 5.63 Å². The van der Waals surface area contributed by atoms with Crippen molar-refractivity contribution in [1.82, 2.24) is 0 Å². The van der Waals surface area contributed by atoms with Gasteiger partial charge in [0, 0.05) is 12.1 Å². The molecule has 0 N–H and O–H groups in total. The Morgan fingerprint density at radius 3 is 2.62 bits per heavy atom. The Labute approximate surface area is 138 Å². The molecule has 0 aliphatic rings. The predicted molar refractivity (Wildman–Crippen MR) is 92.5 cm³/mol. The fourth-order valence-corrected chi connectivity index (χ4v) is 2.86. The molecule has 0 aliphatic heterocycles. The summed E-state index contributed by atoms with van der Waals surface area (Å²) in [5, 5.41) is 1.67. The number of ether oxygens (including phenoxy) is 1. The zero-order chi connectivity index (χ0) is 16.4. The summed E-state index contributed by atoms with van der Waals surface area (Å²) in [6.07, 6.45) is 3.46. The summed E-state index contributed by atoms with van der Waals surface area (Å²) in [6.45, 7) is 0.577. The predicted octanol–water partition coefficient (Wildman–Crippen LogP) is 4.55. The molecule has 0 unspecified atom stereocenters. The van der Waals surface area contributed by atoms with Crippen LogP contribution in [0.3, 0.4) is 0 Å². The van der Waals surface area contributed by atoms with Crippen LogP contribution in [0.5, 0.6) is 5.75 Å². The number of rotatable bonds is 5. The molecule has 2 aromatic carbocycles. The molecule has 0 radical (unpaired) electrons. The Balaban J connectivity index is 1.59. The Bertz CT molecular complexity index is 1030. The van der Waals surface area contributed by atoms with E-state index in [1.54, 1.807) is 18.4 Å². The van der Waals surface area contributed by atoms with Gasteiger partial charge in [0.05, 0.1) is 23.6 Å². The van der Waals surface area contributed by atoms with Gasteiger partial charge in [0.2, 0.25) is 0 Å². The number of hydrogen-bond donors (Lipinski definition) is 0. The molecule has 0 atom stereocenters. The molecule has 0 amide bonds. The van der Waals surface area contributed by atoms with Crippen molar-refractivity contribution in [3.63, 3.8) is 0 Å². The second-order valence-corrected chi connectivity index (χ2v) is 5.64. The molecular formula is C20H16O4. The quantitative estimate of drug-likeness (QED) is 0.400. The highest BCUT2D eigenvalue weighted by Gasteiger charge is 2.13. The fraction of sp³-hybridized carbons (Fsp3) is 0.150. The lowest BCUT2D eigenvalue weighted by molar-refractivity contribution is 0.317. The second-order valence-electron chi connectivity index (χ2n) is 5.64. The summed E-state index contributed by atoms with van der Waals surface area (Å²) in [5.41, 5.74) is 2.03. The maximum atomic E-state index is 11.4. The first-order chi connectivity index (χ1) is 11.8. The van der Waals surface area contributed by atoms with Crippen LogP contribution in [0.15, 0.2) is 74.5 Å². The van der Waals surface area contributed by atoms with Crippen molar-refractivity contribution in [2.45, 2.75) is 12.8 Å². The number of aryl methyl sites for hydroxylation is 1. The van der Waals surface area contributed by atoms with Crippen LogP contribution < -0.4 is 10.4 Å². The summed E-state index contributed by atoms with van der Waals surface area (Å²) in [7, 11) is 0. The van der Waals surface area contributed by atoms with Crippen molar-refractivity contribution in [3.05, 3.63) is 76.8 Å². The molecule has 0 aliphatic carbocycles. The molecular weight excluding hydrogens is 304 g/mol. The van der Waals surface area contributed by atoms with E-state index in [-0.39, 0.29) is 5.63 Å². The molecule has 0 saturated carbocycles. The van der Waals surface area contributed by atoms with Gasteiger partial charge in [-0.15, -0.1) is 0 Å². The highest BCUT2D eigenvalue weighted by atomic mass is 16.5. The molecule has 2 heterocycles. The summed E-state index contributed by atoms with van der Waals surface area (Å²) < 4.78 is 16.7. The lowest BCUT2D eigenvalue weighted by atomic mass is 10.1. The van der Waals surface area contributed by atoms with Crippen LogP contribution in [-0.2, 0) is 6.42 Å². The van der Waals surface area contributed by atoms with E-state index in [9.17, 15) is 4.79 Å². The van der Waals surface area contributed by atoms with Crippen molar-refractivity contribution in [3.8, 4) is 5.75 Å². The molecule has 4 aromatic rings. The van der Waals surface area contributed by atoms with E-state index in [4.69, 9.17) is 13.6 Å². The van der Waals surface area contributed by atoms with Crippen LogP contribution >= 0.6 is 0 Å². The third-order valence-electron chi connectivity index (χ3n) is 4.01. The minimum Gasteiger partial charge on any atom is -0.492 e. The van der Waals surface area contributed by atoms with Gasteiger partial charge in [-0.2, -0.15) is 0 Å². The number of benzene rings is 2. The van der Waals surface area contributed by atoms with E-state index >= 15 is 0 Å². The second kappa shape index (κ2) is 6.24. The zero-order valence-electron chi connectivity index (χ0n) is 13.0. The molecule has 0 bridgehead atoms. The maximum absolute atomic E-state index is 11.4. The fourth-order valence-electron chi connectivity index (χ4n) is 2.86. The van der Waals surface area contributed by atoms with Crippen LogP contribution in [0.25, 0.3) is 21.9 Å². The van der Waals surface area contributed by atoms with Crippen LogP contribution in [0, 0.1) is 0 Å². The summed E-state index contributed by atoms with van der Waals surface area (Å²) in [4.78, 5) is 11.4. The van der Waals surface area contributed by atoms with Crippen molar-refractivity contribution in [2.24, 2.45) is 0 Å². The molecule has 4 heteroatoms. The average Bonchev–Trinajstić information content (AvgIpc) is 3.06. The first-order valence-corrected chi connectivity index (χ1v) is 7.92. The summed E-state index contributed by atoms with van der Waals surface area (Å²) >= 11 is 0. The third-order valence-corrected chi connectivity index (χ3v) is 4.01. The lowest BCUT2D eigenvalue weighted by Gasteiger charge is -2.10. The summed E-state index contributed by atoms with van der Waals surface area (Å²) in [6, 6.07) is 17.1. The smallest absolute Gasteiger partial charge is 0.336 e. The van der Waals surface area contributed by atoms with Gasteiger partial charge in [-0.3, -0.25) is 0 Å². The largest absolute Gasteiger partial charge is 0.492 e. The van der Waals surface area contributed by atoms with Gasteiger partial charge in [0.25, 0.3) is 0 Å². The standard InChI is InChI=1S/C20H16O4/c21-19-9-8-15-18(24-19)13-17-16(10-12-22-17)20(15)23-11-4-7-14-5-2-1-3-6-14/h1-3,5-6,8-10,12-13H,4,7,11H2. The first-order valence-electron chi connectivity index (χ1n) is 7.92. The molecule has 4 rings (SSSR count). The summed E-state index contributed by atoms with van der Waals surface area (Å²) in [5.74, 6) is 0.702. The van der Waals surface area contributed by atoms with E-state index in [1.165, 1.54) is 11.6 Å². The lowest BCUT2D eigenvalue weighted by Crippen LogP contribution is -2.01. The monoisotopic (exact) mass is 320 g/mol. The molecule has 120 valence electrons. The molecule has 24 heavy (non-hydrogen) atoms. The van der Waals surface area contributed by atoms with Crippen molar-refractivity contribution in [1.29, 1.82) is 0 Å². The van der Waals surface area contributed by atoms with Gasteiger partial charge < -0.3 is 13.6 Å². The Hall–Kier alpha value is -3.01. The number of furan rings is 1. The first kappa shape index (κ1) is 14.6. The minimum atomic E-state index is -0.386. The zero-order valence-corrected chi connectivity index (χ0v) is 13.0. The van der Waals surface area contributed by atoms with E-state index < -0.39 is 0 Å². The molecule has 0 spiro atoms.